The van der Waals surface area contributed by atoms with Crippen molar-refractivity contribution in [1.29, 1.82) is 0 Å². The lowest BCUT2D eigenvalue weighted by molar-refractivity contribution is -0.113. The van der Waals surface area contributed by atoms with Gasteiger partial charge in [0.05, 0.1) is 10.0 Å². The van der Waals surface area contributed by atoms with Crippen LogP contribution in [0.2, 0.25) is 10.0 Å². The molecular weight excluding hydrogens is 235 g/mol. The molecule has 2 nitrogen and oxygen atoms in total. The van der Waals surface area contributed by atoms with Crippen LogP contribution in [0.5, 0.6) is 5.75 Å². The topological polar surface area (TPSA) is 26.3 Å². The lowest BCUT2D eigenvalue weighted by atomic mass is 10.1. The van der Waals surface area contributed by atoms with Crippen molar-refractivity contribution in [3.63, 3.8) is 0 Å². The third-order valence-electron chi connectivity index (χ3n) is 2.24. The Morgan fingerprint density at radius 1 is 1.33 bits per heavy atom. The van der Waals surface area contributed by atoms with Crippen LogP contribution in [0.1, 0.15) is 12.5 Å². The number of hydrogen-bond donors (Lipinski definition) is 0. The highest BCUT2D eigenvalue weighted by Crippen LogP contribution is 2.38. The van der Waals surface area contributed by atoms with Gasteiger partial charge in [0.25, 0.3) is 0 Å². The number of carbonyl (C=O) groups excluding carboxylic acids is 1. The SMILES string of the molecule is CC(=O)C1=Cc2c(Cl)ccc(Cl)c2OC1. The van der Waals surface area contributed by atoms with Gasteiger partial charge in [0.1, 0.15) is 12.4 Å². The predicted molar refractivity (Wildman–Crippen MR) is 60.6 cm³/mol. The summed E-state index contributed by atoms with van der Waals surface area (Å²) in [7, 11) is 0. The molecule has 0 bridgehead atoms. The van der Waals surface area contributed by atoms with E-state index in [0.717, 1.165) is 0 Å². The van der Waals surface area contributed by atoms with Gasteiger partial charge in [0.15, 0.2) is 5.78 Å². The Balaban J connectivity index is 2.59. The molecule has 1 aromatic carbocycles. The van der Waals surface area contributed by atoms with E-state index in [-0.39, 0.29) is 12.4 Å². The maximum absolute atomic E-state index is 11.2. The van der Waals surface area contributed by atoms with Crippen molar-refractivity contribution < 1.29 is 9.53 Å². The summed E-state index contributed by atoms with van der Waals surface area (Å²) in [5, 5.41) is 1.04. The maximum Gasteiger partial charge on any atom is 0.159 e. The molecule has 0 spiro atoms. The van der Waals surface area contributed by atoms with E-state index in [2.05, 4.69) is 0 Å². The molecule has 4 heteroatoms. The molecule has 0 amide bonds. The van der Waals surface area contributed by atoms with E-state index in [1.807, 2.05) is 0 Å². The lowest BCUT2D eigenvalue weighted by Crippen LogP contribution is -2.13. The van der Waals surface area contributed by atoms with Gasteiger partial charge in [0.2, 0.25) is 0 Å². The lowest BCUT2D eigenvalue weighted by Gasteiger charge is -2.18. The highest BCUT2D eigenvalue weighted by Gasteiger charge is 2.19. The number of fused-ring (bicyclic) bond motifs is 1. The van der Waals surface area contributed by atoms with Crippen molar-refractivity contribution in [2.75, 3.05) is 6.61 Å². The zero-order valence-electron chi connectivity index (χ0n) is 8.01. The Morgan fingerprint density at radius 2 is 2.00 bits per heavy atom. The summed E-state index contributed by atoms with van der Waals surface area (Å²) in [5.41, 5.74) is 1.28. The molecular formula is C11H8Cl2O2. The number of carbonyl (C=O) groups is 1. The maximum atomic E-state index is 11.2. The molecule has 78 valence electrons. The van der Waals surface area contributed by atoms with Crippen LogP contribution < -0.4 is 4.74 Å². The van der Waals surface area contributed by atoms with Crippen LogP contribution in [0.25, 0.3) is 6.08 Å². The van der Waals surface area contributed by atoms with E-state index in [0.29, 0.717) is 26.9 Å². The minimum atomic E-state index is -0.0170. The van der Waals surface area contributed by atoms with E-state index in [1.165, 1.54) is 6.92 Å². The Kier molecular flexibility index (Phi) is 2.72. The monoisotopic (exact) mass is 242 g/mol. The van der Waals surface area contributed by atoms with Crippen LogP contribution in [-0.2, 0) is 4.79 Å². The number of Topliss-reactive ketones (excluding diaryl/α,β-unsaturated/α-hetero) is 1. The molecule has 15 heavy (non-hydrogen) atoms. The molecule has 1 aliphatic rings. The molecule has 0 saturated heterocycles. The summed E-state index contributed by atoms with van der Waals surface area (Å²) in [6, 6.07) is 3.36. The second kappa shape index (κ2) is 3.87. The van der Waals surface area contributed by atoms with Crippen LogP contribution in [-0.4, -0.2) is 12.4 Å². The van der Waals surface area contributed by atoms with Crippen molar-refractivity contribution in [2.45, 2.75) is 6.92 Å². The molecule has 0 N–H and O–H groups in total. The average Bonchev–Trinajstić information content (AvgIpc) is 2.23. The molecule has 1 aliphatic heterocycles. The summed E-state index contributed by atoms with van der Waals surface area (Å²) >= 11 is 11.9. The van der Waals surface area contributed by atoms with Crippen molar-refractivity contribution in [3.8, 4) is 5.75 Å². The first-order chi connectivity index (χ1) is 7.09. The fourth-order valence-electron chi connectivity index (χ4n) is 1.40. The fourth-order valence-corrected chi connectivity index (χ4v) is 1.82. The normalized spacial score (nSPS) is 13.9. The van der Waals surface area contributed by atoms with Crippen molar-refractivity contribution in [2.24, 2.45) is 0 Å². The first-order valence-corrected chi connectivity index (χ1v) is 5.17. The van der Waals surface area contributed by atoms with Gasteiger partial charge in [-0.05, 0) is 25.1 Å². The number of ketones is 1. The van der Waals surface area contributed by atoms with Crippen LogP contribution in [0.3, 0.4) is 0 Å². The Labute approximate surface area is 97.4 Å². The van der Waals surface area contributed by atoms with Crippen LogP contribution >= 0.6 is 23.2 Å². The molecule has 1 heterocycles. The molecule has 0 radical (unpaired) electrons. The van der Waals surface area contributed by atoms with Gasteiger partial charge in [-0.2, -0.15) is 0 Å². The Bertz CT molecular complexity index is 464. The minimum Gasteiger partial charge on any atom is -0.487 e. The summed E-state index contributed by atoms with van der Waals surface area (Å²) in [6.07, 6.45) is 1.73. The first-order valence-electron chi connectivity index (χ1n) is 4.42. The van der Waals surface area contributed by atoms with Crippen LogP contribution in [0, 0.1) is 0 Å². The zero-order valence-corrected chi connectivity index (χ0v) is 9.52. The fraction of sp³-hybridized carbons (Fsp3) is 0.182. The van der Waals surface area contributed by atoms with E-state index < -0.39 is 0 Å². The van der Waals surface area contributed by atoms with Gasteiger partial charge < -0.3 is 4.74 Å². The van der Waals surface area contributed by atoms with Gasteiger partial charge in [-0.1, -0.05) is 23.2 Å². The summed E-state index contributed by atoms with van der Waals surface area (Å²) < 4.78 is 5.40. The Morgan fingerprint density at radius 3 is 2.67 bits per heavy atom. The summed E-state index contributed by atoms with van der Waals surface area (Å²) in [6.45, 7) is 1.75. The summed E-state index contributed by atoms with van der Waals surface area (Å²) in [5.74, 6) is 0.533. The van der Waals surface area contributed by atoms with E-state index >= 15 is 0 Å². The van der Waals surface area contributed by atoms with Crippen LogP contribution in [0.4, 0.5) is 0 Å². The van der Waals surface area contributed by atoms with Crippen LogP contribution in [0.15, 0.2) is 17.7 Å². The molecule has 1 aromatic rings. The summed E-state index contributed by atoms with van der Waals surface area (Å²) in [4.78, 5) is 11.2. The Hall–Kier alpha value is -0.990. The smallest absolute Gasteiger partial charge is 0.159 e. The van der Waals surface area contributed by atoms with Gasteiger partial charge in [-0.25, -0.2) is 0 Å². The van der Waals surface area contributed by atoms with Crippen molar-refractivity contribution in [1.82, 2.24) is 0 Å². The second-order valence-corrected chi connectivity index (χ2v) is 4.10. The molecule has 0 aromatic heterocycles. The molecule has 0 fully saturated rings. The number of ether oxygens (including phenoxy) is 1. The molecule has 0 atom stereocenters. The predicted octanol–water partition coefficient (Wildman–Crippen LogP) is 3.36. The molecule has 2 rings (SSSR count). The number of benzene rings is 1. The number of rotatable bonds is 1. The van der Waals surface area contributed by atoms with Crippen molar-refractivity contribution >= 4 is 35.1 Å². The second-order valence-electron chi connectivity index (χ2n) is 3.29. The van der Waals surface area contributed by atoms with Gasteiger partial charge in [0, 0.05) is 11.1 Å². The molecule has 0 saturated carbocycles. The quantitative estimate of drug-likeness (QED) is 0.755. The number of halogens is 2. The van der Waals surface area contributed by atoms with Gasteiger partial charge in [-0.3, -0.25) is 4.79 Å². The first kappa shape index (κ1) is 10.5. The van der Waals surface area contributed by atoms with Gasteiger partial charge >= 0.3 is 0 Å². The third kappa shape index (κ3) is 1.87. The van der Waals surface area contributed by atoms with E-state index in [1.54, 1.807) is 18.2 Å². The molecule has 0 unspecified atom stereocenters. The highest BCUT2D eigenvalue weighted by atomic mass is 35.5. The minimum absolute atomic E-state index is 0.0170. The largest absolute Gasteiger partial charge is 0.487 e. The van der Waals surface area contributed by atoms with E-state index in [9.17, 15) is 4.79 Å². The average molecular weight is 243 g/mol. The van der Waals surface area contributed by atoms with E-state index in [4.69, 9.17) is 27.9 Å². The molecule has 0 aliphatic carbocycles. The van der Waals surface area contributed by atoms with Crippen molar-refractivity contribution in [3.05, 3.63) is 33.3 Å². The standard InChI is InChI=1S/C11H8Cl2O2/c1-6(14)7-4-8-9(12)2-3-10(13)11(8)15-5-7/h2-4H,5H2,1H3. The van der Waals surface area contributed by atoms with Gasteiger partial charge in [-0.15, -0.1) is 0 Å². The zero-order chi connectivity index (χ0) is 11.0. The third-order valence-corrected chi connectivity index (χ3v) is 2.86. The highest BCUT2D eigenvalue weighted by molar-refractivity contribution is 6.35. The number of hydrogen-bond acceptors (Lipinski definition) is 2.